The van der Waals surface area contributed by atoms with Gasteiger partial charge in [-0.2, -0.15) is 0 Å². The van der Waals surface area contributed by atoms with Gasteiger partial charge in [0.25, 0.3) is 0 Å². The van der Waals surface area contributed by atoms with Crippen molar-refractivity contribution in [3.63, 3.8) is 0 Å². The van der Waals surface area contributed by atoms with Gasteiger partial charge in [0.15, 0.2) is 0 Å². The summed E-state index contributed by atoms with van der Waals surface area (Å²) in [5.41, 5.74) is 0.664. The monoisotopic (exact) mass is 331 g/mol. The summed E-state index contributed by atoms with van der Waals surface area (Å²) in [5, 5.41) is 12.8. The van der Waals surface area contributed by atoms with E-state index in [0.29, 0.717) is 11.1 Å². The second-order valence-corrected chi connectivity index (χ2v) is 6.31. The highest BCUT2D eigenvalue weighted by molar-refractivity contribution is 5.76. The molecule has 1 aliphatic carbocycles. The van der Waals surface area contributed by atoms with Gasteiger partial charge in [-0.25, -0.2) is 8.78 Å². The number of halogens is 2. The van der Waals surface area contributed by atoms with Gasteiger partial charge in [-0.15, -0.1) is 0 Å². The molecule has 1 aliphatic rings. The summed E-state index contributed by atoms with van der Waals surface area (Å²) in [6.07, 6.45) is 0.573. The lowest BCUT2D eigenvalue weighted by molar-refractivity contribution is -0.123. The Morgan fingerprint density at radius 2 is 1.88 bits per heavy atom. The molecule has 0 bridgehead atoms. The standard InChI is InChI=1S/C19H19F2NO2/c20-14-6-7-15(16(21)10-14)19(8-9-19)12-22-18(24)11-17(23)13-4-2-1-3-5-13/h1-7,10,17,23H,8-9,11-12H2,(H,22,24). The lowest BCUT2D eigenvalue weighted by Gasteiger charge is -2.18. The first-order valence-corrected chi connectivity index (χ1v) is 7.95. The van der Waals surface area contributed by atoms with E-state index in [0.717, 1.165) is 18.9 Å². The number of benzene rings is 2. The maximum atomic E-state index is 13.9. The third kappa shape index (κ3) is 3.62. The molecule has 5 heteroatoms. The minimum atomic E-state index is -0.871. The Labute approximate surface area is 139 Å². The molecule has 2 N–H and O–H groups in total. The summed E-state index contributed by atoms with van der Waals surface area (Å²) >= 11 is 0. The average Bonchev–Trinajstić information content (AvgIpc) is 3.34. The molecule has 3 nitrogen and oxygen atoms in total. The molecule has 3 rings (SSSR count). The number of hydrogen-bond acceptors (Lipinski definition) is 2. The van der Waals surface area contributed by atoms with Crippen LogP contribution in [0.4, 0.5) is 8.78 Å². The van der Waals surface area contributed by atoms with Crippen molar-refractivity contribution in [1.29, 1.82) is 0 Å². The van der Waals surface area contributed by atoms with E-state index in [1.165, 1.54) is 12.1 Å². The maximum Gasteiger partial charge on any atom is 0.222 e. The zero-order chi connectivity index (χ0) is 17.2. The van der Waals surface area contributed by atoms with Gasteiger partial charge in [-0.1, -0.05) is 36.4 Å². The summed E-state index contributed by atoms with van der Waals surface area (Å²) in [6, 6.07) is 12.5. The van der Waals surface area contributed by atoms with Gasteiger partial charge in [0.2, 0.25) is 5.91 Å². The predicted molar refractivity (Wildman–Crippen MR) is 86.3 cm³/mol. The number of aliphatic hydroxyl groups is 1. The van der Waals surface area contributed by atoms with Gasteiger partial charge < -0.3 is 10.4 Å². The molecule has 2 aromatic carbocycles. The SMILES string of the molecule is O=C(CC(O)c1ccccc1)NCC1(c2ccc(F)cc2F)CC1. The van der Waals surface area contributed by atoms with Crippen LogP contribution >= 0.6 is 0 Å². The molecule has 0 aliphatic heterocycles. The average molecular weight is 331 g/mol. The van der Waals surface area contributed by atoms with Crippen molar-refractivity contribution >= 4 is 5.91 Å². The largest absolute Gasteiger partial charge is 0.388 e. The van der Waals surface area contributed by atoms with Crippen LogP contribution in [-0.4, -0.2) is 17.6 Å². The molecule has 0 radical (unpaired) electrons. The molecular formula is C19H19F2NO2. The third-order valence-electron chi connectivity index (χ3n) is 4.54. The molecule has 1 unspecified atom stereocenters. The normalized spacial score (nSPS) is 16.5. The molecule has 2 aromatic rings. The summed E-state index contributed by atoms with van der Waals surface area (Å²) < 4.78 is 27.0. The number of carbonyl (C=O) groups is 1. The van der Waals surface area contributed by atoms with Gasteiger partial charge in [0.05, 0.1) is 12.5 Å². The fourth-order valence-corrected chi connectivity index (χ4v) is 2.92. The van der Waals surface area contributed by atoms with Crippen molar-refractivity contribution in [2.24, 2.45) is 0 Å². The number of carbonyl (C=O) groups excluding carboxylic acids is 1. The van der Waals surface area contributed by atoms with Gasteiger partial charge in [-0.05, 0) is 30.0 Å². The van der Waals surface area contributed by atoms with Crippen molar-refractivity contribution in [3.05, 3.63) is 71.3 Å². The van der Waals surface area contributed by atoms with E-state index in [-0.39, 0.29) is 18.9 Å². The fraction of sp³-hybridized carbons (Fsp3) is 0.316. The van der Waals surface area contributed by atoms with Crippen molar-refractivity contribution in [1.82, 2.24) is 5.32 Å². The molecule has 0 aromatic heterocycles. The first-order chi connectivity index (χ1) is 11.5. The Hall–Kier alpha value is -2.27. The number of rotatable bonds is 6. The summed E-state index contributed by atoms with van der Waals surface area (Å²) in [7, 11) is 0. The van der Waals surface area contributed by atoms with E-state index >= 15 is 0 Å². The van der Waals surface area contributed by atoms with Crippen LogP contribution in [0.3, 0.4) is 0 Å². The highest BCUT2D eigenvalue weighted by atomic mass is 19.1. The highest BCUT2D eigenvalue weighted by Gasteiger charge is 2.46. The van der Waals surface area contributed by atoms with Gasteiger partial charge in [0.1, 0.15) is 11.6 Å². The summed E-state index contributed by atoms with van der Waals surface area (Å²) in [5.74, 6) is -1.48. The van der Waals surface area contributed by atoms with Crippen molar-refractivity contribution < 1.29 is 18.7 Å². The van der Waals surface area contributed by atoms with Crippen LogP contribution in [0.1, 0.15) is 36.5 Å². The van der Waals surface area contributed by atoms with E-state index in [2.05, 4.69) is 5.32 Å². The molecule has 126 valence electrons. The fourth-order valence-electron chi connectivity index (χ4n) is 2.92. The van der Waals surface area contributed by atoms with Crippen molar-refractivity contribution in [2.45, 2.75) is 30.8 Å². The molecule has 0 spiro atoms. The van der Waals surface area contributed by atoms with Crippen LogP contribution in [0.15, 0.2) is 48.5 Å². The van der Waals surface area contributed by atoms with E-state index in [9.17, 15) is 18.7 Å². The van der Waals surface area contributed by atoms with Crippen LogP contribution in [0.25, 0.3) is 0 Å². The Bertz CT molecular complexity index is 729. The van der Waals surface area contributed by atoms with Gasteiger partial charge in [-0.3, -0.25) is 4.79 Å². The van der Waals surface area contributed by atoms with E-state index in [4.69, 9.17) is 0 Å². The summed E-state index contributed by atoms with van der Waals surface area (Å²) in [4.78, 5) is 12.0. The minimum Gasteiger partial charge on any atom is -0.388 e. The zero-order valence-electron chi connectivity index (χ0n) is 13.1. The maximum absolute atomic E-state index is 13.9. The Morgan fingerprint density at radius 1 is 1.17 bits per heavy atom. The Balaban J connectivity index is 1.58. The second-order valence-electron chi connectivity index (χ2n) is 6.31. The smallest absolute Gasteiger partial charge is 0.222 e. The molecule has 1 saturated carbocycles. The van der Waals surface area contributed by atoms with E-state index < -0.39 is 23.2 Å². The van der Waals surface area contributed by atoms with Crippen LogP contribution < -0.4 is 5.32 Å². The lowest BCUT2D eigenvalue weighted by atomic mass is 9.95. The van der Waals surface area contributed by atoms with E-state index in [1.54, 1.807) is 24.3 Å². The first-order valence-electron chi connectivity index (χ1n) is 7.95. The van der Waals surface area contributed by atoms with Crippen molar-refractivity contribution in [3.8, 4) is 0 Å². The zero-order valence-corrected chi connectivity index (χ0v) is 13.1. The third-order valence-corrected chi connectivity index (χ3v) is 4.54. The summed E-state index contributed by atoms with van der Waals surface area (Å²) in [6.45, 7) is 0.288. The van der Waals surface area contributed by atoms with Crippen LogP contribution in [0, 0.1) is 11.6 Å². The number of amides is 1. The quantitative estimate of drug-likeness (QED) is 0.854. The Morgan fingerprint density at radius 3 is 2.50 bits per heavy atom. The van der Waals surface area contributed by atoms with Gasteiger partial charge in [0, 0.05) is 18.0 Å². The van der Waals surface area contributed by atoms with Crippen LogP contribution in [-0.2, 0) is 10.2 Å². The molecule has 24 heavy (non-hydrogen) atoms. The van der Waals surface area contributed by atoms with Crippen LogP contribution in [0.5, 0.6) is 0 Å². The second kappa shape index (κ2) is 6.69. The molecule has 1 fully saturated rings. The molecule has 1 amide bonds. The highest BCUT2D eigenvalue weighted by Crippen LogP contribution is 2.48. The number of nitrogens with one attached hydrogen (secondary N) is 1. The van der Waals surface area contributed by atoms with Crippen molar-refractivity contribution in [2.75, 3.05) is 6.54 Å². The Kier molecular flexibility index (Phi) is 4.62. The first kappa shape index (κ1) is 16.6. The molecule has 1 atom stereocenters. The minimum absolute atomic E-state index is 0.0496. The van der Waals surface area contributed by atoms with Crippen LogP contribution in [0.2, 0.25) is 0 Å². The van der Waals surface area contributed by atoms with Gasteiger partial charge >= 0.3 is 0 Å². The van der Waals surface area contributed by atoms with E-state index in [1.807, 2.05) is 6.07 Å². The number of aliphatic hydroxyl groups excluding tert-OH is 1. The molecular weight excluding hydrogens is 312 g/mol. The topological polar surface area (TPSA) is 49.3 Å². The predicted octanol–water partition coefficient (Wildman–Crippen LogP) is 3.24. The number of hydrogen-bond donors (Lipinski definition) is 2. The molecule has 0 saturated heterocycles. The molecule has 0 heterocycles. The lowest BCUT2D eigenvalue weighted by Crippen LogP contribution is -2.33.